The normalized spacial score (nSPS) is 12.7. The van der Waals surface area contributed by atoms with Crippen molar-refractivity contribution in [1.29, 1.82) is 0 Å². The number of aryl methyl sites for hydroxylation is 2. The molecule has 0 saturated heterocycles. The molecule has 0 radical (unpaired) electrons. The maximum absolute atomic E-state index is 9.10. The second kappa shape index (κ2) is 6.75. The molecule has 22 heavy (non-hydrogen) atoms. The van der Waals surface area contributed by atoms with Gasteiger partial charge in [-0.2, -0.15) is 5.10 Å². The number of aromatic nitrogens is 2. The Morgan fingerprint density at radius 1 is 1.05 bits per heavy atom. The highest BCUT2D eigenvalue weighted by Crippen LogP contribution is 2.26. The Kier molecular flexibility index (Phi) is 4.77. The van der Waals surface area contributed by atoms with Crippen molar-refractivity contribution >= 4 is 17.8 Å². The number of fused-ring (bicyclic) bond motifs is 1. The van der Waals surface area contributed by atoms with E-state index in [2.05, 4.69) is 28.4 Å². The lowest BCUT2D eigenvalue weighted by Gasteiger charge is -2.16. The van der Waals surface area contributed by atoms with Crippen LogP contribution < -0.4 is 5.73 Å². The highest BCUT2D eigenvalue weighted by molar-refractivity contribution is 6.27. The Balaban J connectivity index is 0.000000254. The highest BCUT2D eigenvalue weighted by Gasteiger charge is 2.10. The van der Waals surface area contributed by atoms with E-state index in [0.717, 1.165) is 5.69 Å². The predicted molar refractivity (Wildman–Crippen MR) is 80.3 cm³/mol. The number of benzene rings is 1. The maximum Gasteiger partial charge on any atom is 0.414 e. The predicted octanol–water partition coefficient (Wildman–Crippen LogP) is 1.69. The summed E-state index contributed by atoms with van der Waals surface area (Å²) in [6, 6.07) is 8.53. The molecule has 0 amide bonds. The van der Waals surface area contributed by atoms with Gasteiger partial charge in [0.05, 0.1) is 5.69 Å². The minimum Gasteiger partial charge on any atom is -0.473 e. The topological polar surface area (TPSA) is 129 Å². The van der Waals surface area contributed by atoms with Crippen molar-refractivity contribution in [3.05, 3.63) is 35.4 Å². The third kappa shape index (κ3) is 3.85. The molecule has 0 atom stereocenters. The summed E-state index contributed by atoms with van der Waals surface area (Å²) in [5.74, 6) is -3.10. The van der Waals surface area contributed by atoms with Crippen LogP contribution in [0.3, 0.4) is 0 Å². The van der Waals surface area contributed by atoms with Crippen molar-refractivity contribution in [2.45, 2.75) is 25.7 Å². The lowest BCUT2D eigenvalue weighted by atomic mass is 9.90. The molecule has 7 heteroatoms. The van der Waals surface area contributed by atoms with Gasteiger partial charge in [-0.15, -0.1) is 0 Å². The number of hydrogen-bond donors (Lipinski definition) is 4. The van der Waals surface area contributed by atoms with Crippen molar-refractivity contribution in [3.63, 3.8) is 0 Å². The maximum atomic E-state index is 9.10. The third-order valence-corrected chi connectivity index (χ3v) is 3.44. The van der Waals surface area contributed by atoms with Gasteiger partial charge in [0.2, 0.25) is 0 Å². The van der Waals surface area contributed by atoms with E-state index in [-0.39, 0.29) is 0 Å². The number of H-pyrrole nitrogens is 1. The molecule has 116 valence electrons. The van der Waals surface area contributed by atoms with Crippen LogP contribution in [-0.4, -0.2) is 32.3 Å². The minimum atomic E-state index is -1.82. The molecule has 7 nitrogen and oxygen atoms in total. The van der Waals surface area contributed by atoms with E-state index in [1.165, 1.54) is 42.4 Å². The van der Waals surface area contributed by atoms with Gasteiger partial charge >= 0.3 is 11.9 Å². The molecule has 0 bridgehead atoms. The quantitative estimate of drug-likeness (QED) is 0.593. The number of anilines is 1. The van der Waals surface area contributed by atoms with Crippen molar-refractivity contribution in [3.8, 4) is 11.3 Å². The van der Waals surface area contributed by atoms with E-state index in [0.29, 0.717) is 5.82 Å². The first-order chi connectivity index (χ1) is 10.5. The first-order valence-corrected chi connectivity index (χ1v) is 6.86. The molecule has 5 N–H and O–H groups in total. The molecule has 0 saturated carbocycles. The smallest absolute Gasteiger partial charge is 0.414 e. The summed E-state index contributed by atoms with van der Waals surface area (Å²) in [4.78, 5) is 18.2. The van der Waals surface area contributed by atoms with Crippen LogP contribution >= 0.6 is 0 Å². The third-order valence-electron chi connectivity index (χ3n) is 3.44. The van der Waals surface area contributed by atoms with E-state index < -0.39 is 11.9 Å². The number of nitrogen functional groups attached to an aromatic ring is 1. The van der Waals surface area contributed by atoms with Gasteiger partial charge in [0.1, 0.15) is 5.82 Å². The molecule has 0 spiro atoms. The molecule has 0 unspecified atom stereocenters. The van der Waals surface area contributed by atoms with Crippen molar-refractivity contribution in [2.24, 2.45) is 0 Å². The van der Waals surface area contributed by atoms with Crippen molar-refractivity contribution in [1.82, 2.24) is 10.2 Å². The van der Waals surface area contributed by atoms with Gasteiger partial charge in [-0.3, -0.25) is 5.10 Å². The zero-order valence-corrected chi connectivity index (χ0v) is 11.9. The number of carboxylic acids is 2. The van der Waals surface area contributed by atoms with E-state index in [9.17, 15) is 0 Å². The Labute approximate surface area is 126 Å². The first-order valence-electron chi connectivity index (χ1n) is 6.86. The summed E-state index contributed by atoms with van der Waals surface area (Å²) in [6.45, 7) is 0. The monoisotopic (exact) mass is 303 g/mol. The summed E-state index contributed by atoms with van der Waals surface area (Å²) >= 11 is 0. The van der Waals surface area contributed by atoms with Crippen LogP contribution in [-0.2, 0) is 22.4 Å². The van der Waals surface area contributed by atoms with E-state index in [1.807, 2.05) is 6.07 Å². The number of aliphatic carboxylic acids is 2. The second-order valence-corrected chi connectivity index (χ2v) is 5.01. The lowest BCUT2D eigenvalue weighted by molar-refractivity contribution is -0.159. The zero-order chi connectivity index (χ0) is 16.1. The summed E-state index contributed by atoms with van der Waals surface area (Å²) in [5.41, 5.74) is 10.8. The number of hydrogen-bond acceptors (Lipinski definition) is 4. The largest absolute Gasteiger partial charge is 0.473 e. The summed E-state index contributed by atoms with van der Waals surface area (Å²) < 4.78 is 0. The van der Waals surface area contributed by atoms with Crippen molar-refractivity contribution < 1.29 is 19.8 Å². The molecule has 2 aromatic rings. The highest BCUT2D eigenvalue weighted by atomic mass is 16.4. The molecule has 0 fully saturated rings. The van der Waals surface area contributed by atoms with Crippen molar-refractivity contribution in [2.75, 3.05) is 5.73 Å². The Bertz CT molecular complexity index is 682. The van der Waals surface area contributed by atoms with Gasteiger partial charge in [-0.25, -0.2) is 9.59 Å². The minimum absolute atomic E-state index is 0.549. The average Bonchev–Trinajstić information content (AvgIpc) is 2.94. The number of carbonyl (C=O) groups is 2. The lowest BCUT2D eigenvalue weighted by Crippen LogP contribution is -2.09. The molecular formula is C15H17N3O4. The second-order valence-electron chi connectivity index (χ2n) is 5.01. The summed E-state index contributed by atoms with van der Waals surface area (Å²) in [5, 5.41) is 21.7. The van der Waals surface area contributed by atoms with E-state index >= 15 is 0 Å². The Hall–Kier alpha value is -2.83. The molecule has 0 aliphatic heterocycles. The fourth-order valence-corrected chi connectivity index (χ4v) is 2.39. The Morgan fingerprint density at radius 2 is 1.68 bits per heavy atom. The van der Waals surface area contributed by atoms with Gasteiger partial charge in [-0.1, -0.05) is 12.1 Å². The Morgan fingerprint density at radius 3 is 2.23 bits per heavy atom. The van der Waals surface area contributed by atoms with Crippen LogP contribution in [0.2, 0.25) is 0 Å². The fourth-order valence-electron chi connectivity index (χ4n) is 2.39. The van der Waals surface area contributed by atoms with Crippen LogP contribution in [0.25, 0.3) is 11.3 Å². The van der Waals surface area contributed by atoms with Gasteiger partial charge in [0, 0.05) is 6.07 Å². The number of rotatable bonds is 1. The summed E-state index contributed by atoms with van der Waals surface area (Å²) in [7, 11) is 0. The number of nitrogens with two attached hydrogens (primary N) is 1. The molecular weight excluding hydrogens is 286 g/mol. The van der Waals surface area contributed by atoms with Crippen LogP contribution in [0.1, 0.15) is 24.0 Å². The van der Waals surface area contributed by atoms with Crippen LogP contribution in [0, 0.1) is 0 Å². The number of nitrogens with one attached hydrogen (secondary N) is 1. The first kappa shape index (κ1) is 15.6. The standard InChI is InChI=1S/C13H15N3.C2H2O4/c14-13-8-12(15-16-13)11-6-5-9-3-1-2-4-10(9)7-11;3-1(4)2(5)6/h5-8H,1-4H2,(H3,14,15,16);(H,3,4)(H,5,6). The average molecular weight is 303 g/mol. The molecule has 1 heterocycles. The van der Waals surface area contributed by atoms with Gasteiger partial charge in [0.15, 0.2) is 0 Å². The number of aromatic amines is 1. The molecule has 1 aromatic heterocycles. The SMILES string of the molecule is Nc1cc(-c2ccc3c(c2)CCCC3)[nH]n1.O=C(O)C(=O)O. The van der Waals surface area contributed by atoms with Gasteiger partial charge < -0.3 is 15.9 Å². The number of nitrogens with zero attached hydrogens (tertiary/aromatic N) is 1. The molecule has 3 rings (SSSR count). The zero-order valence-electron chi connectivity index (χ0n) is 11.9. The van der Waals surface area contributed by atoms with Gasteiger partial charge in [-0.05, 0) is 48.4 Å². The van der Waals surface area contributed by atoms with Crippen LogP contribution in [0.15, 0.2) is 24.3 Å². The molecule has 1 aliphatic rings. The van der Waals surface area contributed by atoms with Crippen LogP contribution in [0.5, 0.6) is 0 Å². The van der Waals surface area contributed by atoms with E-state index in [4.69, 9.17) is 25.5 Å². The summed E-state index contributed by atoms with van der Waals surface area (Å²) in [6.07, 6.45) is 5.05. The fraction of sp³-hybridized carbons (Fsp3) is 0.267. The van der Waals surface area contributed by atoms with E-state index in [1.54, 1.807) is 0 Å². The van der Waals surface area contributed by atoms with Crippen LogP contribution in [0.4, 0.5) is 5.82 Å². The van der Waals surface area contributed by atoms with Gasteiger partial charge in [0.25, 0.3) is 0 Å². The number of carboxylic acid groups (broad SMARTS) is 2. The molecule has 1 aromatic carbocycles. The molecule has 1 aliphatic carbocycles.